The molecule has 1 N–H and O–H groups in total. The van der Waals surface area contributed by atoms with Gasteiger partial charge in [0.1, 0.15) is 11.1 Å². The summed E-state index contributed by atoms with van der Waals surface area (Å²) < 4.78 is 5.60. The van der Waals surface area contributed by atoms with Crippen molar-refractivity contribution < 1.29 is 9.53 Å². The minimum atomic E-state index is -0.537. The lowest BCUT2D eigenvalue weighted by atomic mass is 10.2. The topological polar surface area (TPSA) is 38.3 Å². The Morgan fingerprint density at radius 2 is 2.22 bits per heavy atom. The highest BCUT2D eigenvalue weighted by Gasteiger charge is 2.10. The van der Waals surface area contributed by atoms with Crippen LogP contribution in [-0.2, 0) is 4.79 Å². The van der Waals surface area contributed by atoms with Crippen LogP contribution in [0, 0.1) is 6.92 Å². The molecule has 0 aromatic heterocycles. The number of halogens is 1. The zero-order valence-corrected chi connectivity index (χ0v) is 11.9. The molecule has 0 saturated heterocycles. The average molecular weight is 270 g/mol. The average Bonchev–Trinajstić information content (AvgIpc) is 2.32. The number of nitrogens with one attached hydrogen (secondary N) is 1. The zero-order valence-electron chi connectivity index (χ0n) is 11.1. The molecule has 100 valence electrons. The van der Waals surface area contributed by atoms with Gasteiger partial charge in [-0.15, -0.1) is 11.6 Å². The molecule has 1 aromatic rings. The number of amides is 1. The van der Waals surface area contributed by atoms with E-state index in [4.69, 9.17) is 16.3 Å². The first-order valence-electron chi connectivity index (χ1n) is 6.23. The van der Waals surface area contributed by atoms with E-state index in [-0.39, 0.29) is 5.91 Å². The van der Waals surface area contributed by atoms with E-state index in [9.17, 15) is 4.79 Å². The maximum absolute atomic E-state index is 11.5. The van der Waals surface area contributed by atoms with Gasteiger partial charge < -0.3 is 10.1 Å². The number of rotatable bonds is 6. The van der Waals surface area contributed by atoms with Crippen molar-refractivity contribution in [3.63, 3.8) is 0 Å². The number of benzene rings is 1. The summed E-state index contributed by atoms with van der Waals surface area (Å²) in [5, 5.41) is 2.24. The molecule has 3 nitrogen and oxygen atoms in total. The van der Waals surface area contributed by atoms with Gasteiger partial charge in [-0.2, -0.15) is 0 Å². The van der Waals surface area contributed by atoms with Crippen molar-refractivity contribution in [1.29, 1.82) is 0 Å². The van der Waals surface area contributed by atoms with Gasteiger partial charge in [0.25, 0.3) is 0 Å². The van der Waals surface area contributed by atoms with Crippen molar-refractivity contribution >= 4 is 23.2 Å². The lowest BCUT2D eigenvalue weighted by Crippen LogP contribution is -2.20. The van der Waals surface area contributed by atoms with E-state index in [1.165, 1.54) is 0 Å². The third kappa shape index (κ3) is 4.57. The highest BCUT2D eigenvalue weighted by Crippen LogP contribution is 2.22. The number of unbranched alkanes of at least 4 members (excludes halogenated alkanes) is 1. The van der Waals surface area contributed by atoms with Gasteiger partial charge in [-0.05, 0) is 44.0 Å². The second-order valence-corrected chi connectivity index (χ2v) is 4.94. The Labute approximate surface area is 113 Å². The van der Waals surface area contributed by atoms with E-state index in [1.54, 1.807) is 6.92 Å². The van der Waals surface area contributed by atoms with Crippen molar-refractivity contribution in [2.24, 2.45) is 0 Å². The first kappa shape index (κ1) is 14.8. The lowest BCUT2D eigenvalue weighted by Gasteiger charge is -2.12. The van der Waals surface area contributed by atoms with Gasteiger partial charge in [0.05, 0.1) is 6.61 Å². The molecule has 1 rings (SSSR count). The maximum atomic E-state index is 11.5. The normalized spacial score (nSPS) is 12.0. The summed E-state index contributed by atoms with van der Waals surface area (Å²) >= 11 is 5.71. The number of carbonyl (C=O) groups is 1. The summed E-state index contributed by atoms with van der Waals surface area (Å²) in [7, 11) is 0. The van der Waals surface area contributed by atoms with Crippen LogP contribution in [-0.4, -0.2) is 17.9 Å². The molecule has 1 atom stereocenters. The number of aryl methyl sites for hydroxylation is 1. The molecule has 0 aliphatic rings. The highest BCUT2D eigenvalue weighted by molar-refractivity contribution is 6.32. The minimum absolute atomic E-state index is 0.195. The van der Waals surface area contributed by atoms with Crippen LogP contribution in [0.3, 0.4) is 0 Å². The fourth-order valence-corrected chi connectivity index (χ4v) is 1.49. The summed E-state index contributed by atoms with van der Waals surface area (Å²) in [6, 6.07) is 5.62. The van der Waals surface area contributed by atoms with Gasteiger partial charge in [0, 0.05) is 5.69 Å². The Balaban J connectivity index is 2.64. The van der Waals surface area contributed by atoms with Crippen LogP contribution >= 0.6 is 11.6 Å². The lowest BCUT2D eigenvalue weighted by molar-refractivity contribution is -0.115. The molecule has 1 aromatic carbocycles. The van der Waals surface area contributed by atoms with E-state index in [1.807, 2.05) is 25.1 Å². The van der Waals surface area contributed by atoms with Crippen molar-refractivity contribution in [2.75, 3.05) is 11.9 Å². The van der Waals surface area contributed by atoms with Gasteiger partial charge in [0.15, 0.2) is 0 Å². The Hall–Kier alpha value is -1.22. The fraction of sp³-hybridized carbons (Fsp3) is 0.500. The second-order valence-electron chi connectivity index (χ2n) is 4.28. The maximum Gasteiger partial charge on any atom is 0.242 e. The van der Waals surface area contributed by atoms with E-state index in [2.05, 4.69) is 12.2 Å². The van der Waals surface area contributed by atoms with Crippen LogP contribution < -0.4 is 10.1 Å². The second kappa shape index (κ2) is 7.27. The molecule has 18 heavy (non-hydrogen) atoms. The van der Waals surface area contributed by atoms with Crippen molar-refractivity contribution in [1.82, 2.24) is 0 Å². The van der Waals surface area contributed by atoms with Crippen molar-refractivity contribution in [3.05, 3.63) is 23.8 Å². The summed E-state index contributed by atoms with van der Waals surface area (Å²) in [6.07, 6.45) is 2.15. The minimum Gasteiger partial charge on any atom is -0.494 e. The monoisotopic (exact) mass is 269 g/mol. The molecular formula is C14H20ClNO2. The Morgan fingerprint density at radius 1 is 1.50 bits per heavy atom. The molecule has 1 amide bonds. The Bertz CT molecular complexity index is 405. The molecule has 0 aliphatic heterocycles. The molecule has 0 radical (unpaired) electrons. The van der Waals surface area contributed by atoms with Crippen LogP contribution in [0.1, 0.15) is 32.3 Å². The predicted octanol–water partition coefficient (Wildman–Crippen LogP) is 3.74. The first-order valence-corrected chi connectivity index (χ1v) is 6.66. The quantitative estimate of drug-likeness (QED) is 0.631. The number of ether oxygens (including phenoxy) is 1. The molecular weight excluding hydrogens is 250 g/mol. The molecule has 4 heteroatoms. The summed E-state index contributed by atoms with van der Waals surface area (Å²) in [6.45, 7) is 6.43. The van der Waals surface area contributed by atoms with Gasteiger partial charge in [-0.25, -0.2) is 0 Å². The van der Waals surface area contributed by atoms with Crippen LogP contribution in [0.5, 0.6) is 5.75 Å². The van der Waals surface area contributed by atoms with Crippen LogP contribution in [0.15, 0.2) is 18.2 Å². The zero-order chi connectivity index (χ0) is 13.5. The van der Waals surface area contributed by atoms with Crippen molar-refractivity contribution in [2.45, 2.75) is 39.0 Å². The number of anilines is 1. The highest BCUT2D eigenvalue weighted by atomic mass is 35.5. The number of hydrogen-bond donors (Lipinski definition) is 1. The molecule has 0 spiro atoms. The smallest absolute Gasteiger partial charge is 0.242 e. The third-order valence-corrected chi connectivity index (χ3v) is 2.78. The van der Waals surface area contributed by atoms with Crippen LogP contribution in [0.2, 0.25) is 0 Å². The predicted molar refractivity (Wildman–Crippen MR) is 75.5 cm³/mol. The van der Waals surface area contributed by atoms with Crippen LogP contribution in [0.25, 0.3) is 0 Å². The van der Waals surface area contributed by atoms with Crippen molar-refractivity contribution in [3.8, 4) is 5.75 Å². The number of hydrogen-bond acceptors (Lipinski definition) is 2. The summed E-state index contributed by atoms with van der Waals surface area (Å²) in [5.74, 6) is 0.636. The SMILES string of the molecule is CCCCOc1ccc(NC(=O)C(C)Cl)c(C)c1. The molecule has 0 aliphatic carbocycles. The Morgan fingerprint density at radius 3 is 2.78 bits per heavy atom. The van der Waals surface area contributed by atoms with E-state index >= 15 is 0 Å². The molecule has 0 fully saturated rings. The van der Waals surface area contributed by atoms with E-state index in [0.29, 0.717) is 0 Å². The van der Waals surface area contributed by atoms with Gasteiger partial charge >= 0.3 is 0 Å². The number of alkyl halides is 1. The van der Waals surface area contributed by atoms with Gasteiger partial charge in [-0.3, -0.25) is 4.79 Å². The number of carbonyl (C=O) groups excluding carboxylic acids is 1. The van der Waals surface area contributed by atoms with E-state index in [0.717, 1.165) is 36.4 Å². The molecule has 0 saturated carbocycles. The Kier molecular flexibility index (Phi) is 5.99. The molecule has 1 unspecified atom stereocenters. The third-order valence-electron chi connectivity index (χ3n) is 2.58. The molecule has 0 heterocycles. The van der Waals surface area contributed by atoms with E-state index < -0.39 is 5.38 Å². The summed E-state index contributed by atoms with van der Waals surface area (Å²) in [4.78, 5) is 11.5. The van der Waals surface area contributed by atoms with Gasteiger partial charge in [-0.1, -0.05) is 13.3 Å². The fourth-order valence-electron chi connectivity index (χ4n) is 1.43. The van der Waals surface area contributed by atoms with Crippen LogP contribution in [0.4, 0.5) is 5.69 Å². The largest absolute Gasteiger partial charge is 0.494 e. The summed E-state index contributed by atoms with van der Waals surface area (Å²) in [5.41, 5.74) is 1.74. The standard InChI is InChI=1S/C14H20ClNO2/c1-4-5-8-18-12-6-7-13(10(2)9-12)16-14(17)11(3)15/h6-7,9,11H,4-5,8H2,1-3H3,(H,16,17). The van der Waals surface area contributed by atoms with Gasteiger partial charge in [0.2, 0.25) is 5.91 Å². The first-order chi connectivity index (χ1) is 8.54. The molecule has 0 bridgehead atoms.